The molecule has 0 aliphatic rings. The van der Waals surface area contributed by atoms with Gasteiger partial charge in [0, 0.05) is 19.2 Å². The summed E-state index contributed by atoms with van der Waals surface area (Å²) in [5, 5.41) is 2.76. The summed E-state index contributed by atoms with van der Waals surface area (Å²) in [6.07, 6.45) is -3.53. The Labute approximate surface area is 114 Å². The topological polar surface area (TPSA) is 80.3 Å². The van der Waals surface area contributed by atoms with Crippen LogP contribution in [0, 0.1) is 0 Å². The summed E-state index contributed by atoms with van der Waals surface area (Å²) < 4.78 is 65.9. The molecule has 0 radical (unpaired) electrons. The third kappa shape index (κ3) is 5.72. The first-order valence-corrected chi connectivity index (χ1v) is 7.03. The second-order valence-corrected chi connectivity index (χ2v) is 5.50. The quantitative estimate of drug-likeness (QED) is 0.718. The molecule has 2 N–H and O–H groups in total. The maximum atomic E-state index is 11.9. The number of nitrogens with zero attached hydrogens (tertiary/aromatic N) is 1. The number of rotatable bonds is 7. The van der Waals surface area contributed by atoms with Crippen LogP contribution in [0.15, 0.2) is 23.2 Å². The van der Waals surface area contributed by atoms with Crippen LogP contribution < -0.4 is 14.8 Å². The molecule has 1 rings (SSSR count). The zero-order chi connectivity index (χ0) is 15.2. The molecule has 0 aliphatic carbocycles. The molecule has 0 aromatic carbocycles. The van der Waals surface area contributed by atoms with E-state index in [0.717, 1.165) is 18.3 Å². The van der Waals surface area contributed by atoms with Gasteiger partial charge in [0.25, 0.3) is 0 Å². The Hall–Kier alpha value is -1.39. The second kappa shape index (κ2) is 6.86. The monoisotopic (exact) mass is 313 g/mol. The fraction of sp³-hybridized carbons (Fsp3) is 0.500. The number of sulfonamides is 1. The van der Waals surface area contributed by atoms with Gasteiger partial charge in [-0.2, -0.15) is 13.2 Å². The van der Waals surface area contributed by atoms with Crippen LogP contribution in [0.3, 0.4) is 0 Å². The molecule has 0 aliphatic heterocycles. The Balaban J connectivity index is 2.66. The summed E-state index contributed by atoms with van der Waals surface area (Å²) >= 11 is 0. The van der Waals surface area contributed by atoms with E-state index in [-0.39, 0.29) is 17.3 Å². The zero-order valence-corrected chi connectivity index (χ0v) is 11.4. The Morgan fingerprint density at radius 2 is 2.00 bits per heavy atom. The van der Waals surface area contributed by atoms with Crippen molar-refractivity contribution in [1.82, 2.24) is 15.0 Å². The molecule has 1 aromatic rings. The number of hydrogen-bond acceptors (Lipinski definition) is 5. The molecular formula is C10H14F3N3O3S. The number of hydrogen-bond donors (Lipinski definition) is 2. The Morgan fingerprint density at radius 3 is 2.50 bits per heavy atom. The molecule has 0 amide bonds. The second-order valence-electron chi connectivity index (χ2n) is 3.74. The predicted octanol–water partition coefficient (Wildman–Crippen LogP) is 0.520. The standard InChI is InChI=1S/C10H14F3N3O3S/c1-14-4-5-16-20(17,18)8-2-3-9(15-6-8)19-7-10(11,12)13/h2-3,6,14,16H,4-5,7H2,1H3. The van der Waals surface area contributed by atoms with E-state index in [2.05, 4.69) is 19.8 Å². The summed E-state index contributed by atoms with van der Waals surface area (Å²) in [6, 6.07) is 2.19. The summed E-state index contributed by atoms with van der Waals surface area (Å²) in [4.78, 5) is 3.37. The van der Waals surface area contributed by atoms with Crippen molar-refractivity contribution >= 4 is 10.0 Å². The van der Waals surface area contributed by atoms with E-state index in [1.165, 1.54) is 0 Å². The highest BCUT2D eigenvalue weighted by molar-refractivity contribution is 7.89. The van der Waals surface area contributed by atoms with Crippen LogP contribution in [0.4, 0.5) is 13.2 Å². The molecule has 1 aromatic heterocycles. The molecule has 0 fully saturated rings. The normalized spacial score (nSPS) is 12.4. The highest BCUT2D eigenvalue weighted by Crippen LogP contribution is 2.17. The van der Waals surface area contributed by atoms with Gasteiger partial charge in [0.05, 0.1) is 6.20 Å². The van der Waals surface area contributed by atoms with Gasteiger partial charge in [-0.15, -0.1) is 0 Å². The van der Waals surface area contributed by atoms with Gasteiger partial charge in [-0.05, 0) is 13.1 Å². The van der Waals surface area contributed by atoms with Gasteiger partial charge in [-0.3, -0.25) is 0 Å². The fourth-order valence-corrected chi connectivity index (χ4v) is 2.14. The summed E-state index contributed by atoms with van der Waals surface area (Å²) in [7, 11) is -2.05. The Morgan fingerprint density at radius 1 is 1.30 bits per heavy atom. The highest BCUT2D eigenvalue weighted by Gasteiger charge is 2.28. The maximum Gasteiger partial charge on any atom is 0.422 e. The minimum absolute atomic E-state index is 0.145. The van der Waals surface area contributed by atoms with Gasteiger partial charge in [-0.25, -0.2) is 18.1 Å². The molecule has 114 valence electrons. The lowest BCUT2D eigenvalue weighted by atomic mass is 10.5. The van der Waals surface area contributed by atoms with Crippen molar-refractivity contribution in [3.05, 3.63) is 18.3 Å². The molecule has 0 bridgehead atoms. The van der Waals surface area contributed by atoms with E-state index in [9.17, 15) is 21.6 Å². The first-order valence-electron chi connectivity index (χ1n) is 5.54. The van der Waals surface area contributed by atoms with Crippen LogP contribution in [-0.2, 0) is 10.0 Å². The molecule has 10 heteroatoms. The van der Waals surface area contributed by atoms with E-state index in [4.69, 9.17) is 0 Å². The number of pyridine rings is 1. The van der Waals surface area contributed by atoms with Gasteiger partial charge in [0.15, 0.2) is 6.61 Å². The van der Waals surface area contributed by atoms with Crippen LogP contribution in [0.25, 0.3) is 0 Å². The molecule has 0 spiro atoms. The minimum Gasteiger partial charge on any atom is -0.468 e. The van der Waals surface area contributed by atoms with E-state index in [1.807, 2.05) is 0 Å². The molecule has 20 heavy (non-hydrogen) atoms. The number of ether oxygens (including phenoxy) is 1. The number of alkyl halides is 3. The zero-order valence-electron chi connectivity index (χ0n) is 10.6. The van der Waals surface area contributed by atoms with Gasteiger partial charge in [0.1, 0.15) is 4.90 Å². The lowest BCUT2D eigenvalue weighted by molar-refractivity contribution is -0.154. The number of aromatic nitrogens is 1. The maximum absolute atomic E-state index is 11.9. The van der Waals surface area contributed by atoms with Crippen molar-refractivity contribution in [2.24, 2.45) is 0 Å². The van der Waals surface area contributed by atoms with Crippen LogP contribution in [0.1, 0.15) is 0 Å². The lowest BCUT2D eigenvalue weighted by Gasteiger charge is -2.09. The molecule has 1 heterocycles. The SMILES string of the molecule is CNCCNS(=O)(=O)c1ccc(OCC(F)(F)F)nc1. The van der Waals surface area contributed by atoms with Gasteiger partial charge in [0.2, 0.25) is 15.9 Å². The van der Waals surface area contributed by atoms with Crippen LogP contribution in [-0.4, -0.2) is 46.3 Å². The van der Waals surface area contributed by atoms with E-state index >= 15 is 0 Å². The van der Waals surface area contributed by atoms with Crippen molar-refractivity contribution in [3.63, 3.8) is 0 Å². The average molecular weight is 313 g/mol. The smallest absolute Gasteiger partial charge is 0.422 e. The van der Waals surface area contributed by atoms with Gasteiger partial charge >= 0.3 is 6.18 Å². The molecule has 0 atom stereocenters. The first kappa shape index (κ1) is 16.7. The average Bonchev–Trinajstić information content (AvgIpc) is 2.36. The van der Waals surface area contributed by atoms with Crippen molar-refractivity contribution in [3.8, 4) is 5.88 Å². The molecule has 0 saturated heterocycles. The van der Waals surface area contributed by atoms with E-state index in [0.29, 0.717) is 6.54 Å². The first-order chi connectivity index (χ1) is 9.24. The van der Waals surface area contributed by atoms with E-state index in [1.54, 1.807) is 7.05 Å². The van der Waals surface area contributed by atoms with Crippen molar-refractivity contribution in [2.75, 3.05) is 26.7 Å². The number of halogens is 3. The van der Waals surface area contributed by atoms with Gasteiger partial charge < -0.3 is 10.1 Å². The fourth-order valence-electron chi connectivity index (χ4n) is 1.16. The molecule has 0 saturated carbocycles. The third-order valence-electron chi connectivity index (χ3n) is 2.07. The van der Waals surface area contributed by atoms with E-state index < -0.39 is 22.8 Å². The summed E-state index contributed by atoms with van der Waals surface area (Å²) in [5.41, 5.74) is 0. The number of nitrogens with one attached hydrogen (secondary N) is 2. The molecular weight excluding hydrogens is 299 g/mol. The van der Waals surface area contributed by atoms with Crippen LogP contribution in [0.2, 0.25) is 0 Å². The largest absolute Gasteiger partial charge is 0.468 e. The van der Waals surface area contributed by atoms with Gasteiger partial charge in [-0.1, -0.05) is 0 Å². The Bertz CT molecular complexity index is 517. The van der Waals surface area contributed by atoms with Crippen LogP contribution >= 0.6 is 0 Å². The van der Waals surface area contributed by atoms with Crippen molar-refractivity contribution in [2.45, 2.75) is 11.1 Å². The molecule has 6 nitrogen and oxygen atoms in total. The van der Waals surface area contributed by atoms with Crippen LogP contribution in [0.5, 0.6) is 5.88 Å². The third-order valence-corrected chi connectivity index (χ3v) is 3.52. The Kier molecular flexibility index (Phi) is 5.72. The predicted molar refractivity (Wildman–Crippen MR) is 64.9 cm³/mol. The summed E-state index contributed by atoms with van der Waals surface area (Å²) in [6.45, 7) is -0.850. The number of likely N-dealkylation sites (N-methyl/N-ethyl adjacent to an activating group) is 1. The molecule has 0 unspecified atom stereocenters. The van der Waals surface area contributed by atoms with Crippen molar-refractivity contribution < 1.29 is 26.3 Å². The minimum atomic E-state index is -4.47. The van der Waals surface area contributed by atoms with Crippen molar-refractivity contribution in [1.29, 1.82) is 0 Å². The highest BCUT2D eigenvalue weighted by atomic mass is 32.2. The summed E-state index contributed by atoms with van der Waals surface area (Å²) in [5.74, 6) is -0.295. The lowest BCUT2D eigenvalue weighted by Crippen LogP contribution is -2.30.